The number of aliphatic hydroxyl groups excluding tert-OH is 1. The minimum Gasteiger partial charge on any atom is -0.387 e. The zero-order valence-electron chi connectivity index (χ0n) is 14.1. The number of β-amino-alcohol motifs (C(OH)–C–C–N with tert-alkyl or cyclic N) is 1. The minimum atomic E-state index is -3.38. The molecule has 1 heterocycles. The number of hydrogen-bond acceptors (Lipinski definition) is 5. The van der Waals surface area contributed by atoms with Gasteiger partial charge in [0.05, 0.1) is 16.8 Å². The van der Waals surface area contributed by atoms with Gasteiger partial charge in [-0.15, -0.1) is 0 Å². The highest BCUT2D eigenvalue weighted by Gasteiger charge is 2.18. The predicted molar refractivity (Wildman–Crippen MR) is 98.0 cm³/mol. The van der Waals surface area contributed by atoms with Gasteiger partial charge in [-0.2, -0.15) is 0 Å². The van der Waals surface area contributed by atoms with Crippen molar-refractivity contribution < 1.29 is 13.5 Å². The van der Waals surface area contributed by atoms with Gasteiger partial charge >= 0.3 is 0 Å². The topological polar surface area (TPSA) is 69.6 Å². The molecule has 1 aliphatic heterocycles. The van der Waals surface area contributed by atoms with Crippen molar-refractivity contribution in [1.82, 2.24) is 10.2 Å². The van der Waals surface area contributed by atoms with Gasteiger partial charge in [-0.3, -0.25) is 4.90 Å². The third kappa shape index (κ3) is 4.89. The van der Waals surface area contributed by atoms with Gasteiger partial charge in [0.25, 0.3) is 0 Å². The fourth-order valence-corrected chi connectivity index (χ4v) is 4.37. The van der Waals surface area contributed by atoms with Gasteiger partial charge in [0.15, 0.2) is 9.84 Å². The first kappa shape index (κ1) is 18.1. The van der Waals surface area contributed by atoms with Crippen LogP contribution in [0.25, 0.3) is 0 Å². The van der Waals surface area contributed by atoms with E-state index in [1.54, 1.807) is 24.3 Å². The Morgan fingerprint density at radius 3 is 2.28 bits per heavy atom. The first-order chi connectivity index (χ1) is 12.0. The van der Waals surface area contributed by atoms with Crippen molar-refractivity contribution in [2.75, 3.05) is 32.7 Å². The number of nitrogens with one attached hydrogen (secondary N) is 1. The molecule has 134 valence electrons. The maximum Gasteiger partial charge on any atom is 0.182 e. The first-order valence-corrected chi connectivity index (χ1v) is 10.2. The lowest BCUT2D eigenvalue weighted by atomic mass is 10.1. The molecule has 5 nitrogen and oxygen atoms in total. The summed E-state index contributed by atoms with van der Waals surface area (Å²) in [7, 11) is -3.38. The van der Waals surface area contributed by atoms with Crippen molar-refractivity contribution in [3.8, 4) is 0 Å². The number of aliphatic hydroxyl groups is 1. The highest BCUT2D eigenvalue weighted by molar-refractivity contribution is 7.90. The maximum absolute atomic E-state index is 12.5. The zero-order chi connectivity index (χ0) is 17.7. The Balaban J connectivity index is 1.66. The number of hydrogen-bond donors (Lipinski definition) is 2. The van der Waals surface area contributed by atoms with E-state index >= 15 is 0 Å². The lowest BCUT2D eigenvalue weighted by Crippen LogP contribution is -2.44. The summed E-state index contributed by atoms with van der Waals surface area (Å²) in [6, 6.07) is 15.8. The lowest BCUT2D eigenvalue weighted by molar-refractivity contribution is 0.105. The van der Waals surface area contributed by atoms with Crippen LogP contribution in [0.5, 0.6) is 0 Å². The number of sulfone groups is 1. The summed E-state index contributed by atoms with van der Waals surface area (Å²) in [5, 5.41) is 13.7. The second-order valence-electron chi connectivity index (χ2n) is 6.38. The van der Waals surface area contributed by atoms with Crippen LogP contribution in [0.15, 0.2) is 59.5 Å². The molecule has 0 amide bonds. The van der Waals surface area contributed by atoms with Crippen molar-refractivity contribution in [3.05, 3.63) is 65.7 Å². The third-order valence-electron chi connectivity index (χ3n) is 4.46. The standard InChI is InChI=1S/C19H24N2O3S/c22-19(14-21-12-10-20-11-13-21)17-6-8-18(9-7-17)25(23,24)15-16-4-2-1-3-5-16/h1-9,19-20,22H,10-15H2. The van der Waals surface area contributed by atoms with E-state index in [9.17, 15) is 13.5 Å². The second-order valence-corrected chi connectivity index (χ2v) is 8.37. The normalized spacial score (nSPS) is 17.3. The van der Waals surface area contributed by atoms with Crippen LogP contribution in [0.2, 0.25) is 0 Å². The highest BCUT2D eigenvalue weighted by Crippen LogP contribution is 2.20. The van der Waals surface area contributed by atoms with E-state index in [0.29, 0.717) is 6.54 Å². The predicted octanol–water partition coefficient (Wildman–Crippen LogP) is 1.60. The second kappa shape index (κ2) is 8.10. The van der Waals surface area contributed by atoms with Crippen molar-refractivity contribution >= 4 is 9.84 Å². The van der Waals surface area contributed by atoms with Gasteiger partial charge in [0.2, 0.25) is 0 Å². The molecule has 2 N–H and O–H groups in total. The Labute approximate surface area is 149 Å². The summed E-state index contributed by atoms with van der Waals surface area (Å²) in [6.07, 6.45) is -0.607. The molecule has 0 aliphatic carbocycles. The maximum atomic E-state index is 12.5. The molecule has 1 fully saturated rings. The average molecular weight is 360 g/mol. The molecule has 0 bridgehead atoms. The molecule has 1 atom stereocenters. The Morgan fingerprint density at radius 2 is 1.64 bits per heavy atom. The molecule has 25 heavy (non-hydrogen) atoms. The van der Waals surface area contributed by atoms with E-state index in [2.05, 4.69) is 10.2 Å². The molecule has 1 unspecified atom stereocenters. The summed E-state index contributed by atoms with van der Waals surface area (Å²) < 4.78 is 25.0. The van der Waals surface area contributed by atoms with E-state index in [1.807, 2.05) is 30.3 Å². The van der Waals surface area contributed by atoms with Crippen LogP contribution in [0.3, 0.4) is 0 Å². The fourth-order valence-electron chi connectivity index (χ4n) is 3.02. The van der Waals surface area contributed by atoms with Crippen molar-refractivity contribution in [2.45, 2.75) is 16.8 Å². The van der Waals surface area contributed by atoms with Crippen LogP contribution >= 0.6 is 0 Å². The summed E-state index contributed by atoms with van der Waals surface area (Å²) in [5.41, 5.74) is 1.52. The molecule has 0 saturated carbocycles. The van der Waals surface area contributed by atoms with Crippen LogP contribution in [-0.2, 0) is 15.6 Å². The zero-order valence-corrected chi connectivity index (χ0v) is 15.0. The Morgan fingerprint density at radius 1 is 1.00 bits per heavy atom. The monoisotopic (exact) mass is 360 g/mol. The van der Waals surface area contributed by atoms with Crippen LogP contribution < -0.4 is 5.32 Å². The average Bonchev–Trinajstić information content (AvgIpc) is 2.63. The molecule has 6 heteroatoms. The summed E-state index contributed by atoms with van der Waals surface area (Å²) >= 11 is 0. The van der Waals surface area contributed by atoms with Gasteiger partial charge < -0.3 is 10.4 Å². The molecule has 0 radical (unpaired) electrons. The Hall–Kier alpha value is -1.73. The molecular weight excluding hydrogens is 336 g/mol. The van der Waals surface area contributed by atoms with Gasteiger partial charge in [-0.25, -0.2) is 8.42 Å². The molecule has 0 aromatic heterocycles. The van der Waals surface area contributed by atoms with Crippen LogP contribution in [0.1, 0.15) is 17.2 Å². The van der Waals surface area contributed by atoms with Crippen molar-refractivity contribution in [3.63, 3.8) is 0 Å². The van der Waals surface area contributed by atoms with Crippen LogP contribution in [0.4, 0.5) is 0 Å². The first-order valence-electron chi connectivity index (χ1n) is 8.52. The van der Waals surface area contributed by atoms with E-state index in [-0.39, 0.29) is 10.6 Å². The number of rotatable bonds is 6. The molecule has 0 spiro atoms. The fraction of sp³-hybridized carbons (Fsp3) is 0.368. The molecule has 1 saturated heterocycles. The Kier molecular flexibility index (Phi) is 5.86. The van der Waals surface area contributed by atoms with E-state index in [0.717, 1.165) is 37.3 Å². The van der Waals surface area contributed by atoms with Crippen molar-refractivity contribution in [2.24, 2.45) is 0 Å². The van der Waals surface area contributed by atoms with E-state index in [1.165, 1.54) is 0 Å². The van der Waals surface area contributed by atoms with Gasteiger partial charge in [-0.1, -0.05) is 42.5 Å². The Bertz CT molecular complexity index is 770. The lowest BCUT2D eigenvalue weighted by Gasteiger charge is -2.29. The summed E-state index contributed by atoms with van der Waals surface area (Å²) in [5.74, 6) is -0.0173. The smallest absolute Gasteiger partial charge is 0.182 e. The van der Waals surface area contributed by atoms with Gasteiger partial charge in [-0.05, 0) is 23.3 Å². The van der Waals surface area contributed by atoms with E-state index < -0.39 is 15.9 Å². The van der Waals surface area contributed by atoms with Crippen molar-refractivity contribution in [1.29, 1.82) is 0 Å². The summed E-state index contributed by atoms with van der Waals surface area (Å²) in [6.45, 7) is 4.27. The quantitative estimate of drug-likeness (QED) is 0.819. The van der Waals surface area contributed by atoms with Crippen LogP contribution in [0, 0.1) is 0 Å². The number of piperazine rings is 1. The SMILES string of the molecule is O=S(=O)(Cc1ccccc1)c1ccc(C(O)CN2CCNCC2)cc1. The molecular formula is C19H24N2O3S. The molecule has 2 aromatic carbocycles. The summed E-state index contributed by atoms with van der Waals surface area (Å²) in [4.78, 5) is 2.50. The molecule has 1 aliphatic rings. The van der Waals surface area contributed by atoms with E-state index in [4.69, 9.17) is 0 Å². The van der Waals surface area contributed by atoms with Gasteiger partial charge in [0, 0.05) is 32.7 Å². The van der Waals surface area contributed by atoms with Crippen LogP contribution in [-0.4, -0.2) is 51.1 Å². The minimum absolute atomic E-state index is 0.0173. The molecule has 3 rings (SSSR count). The van der Waals surface area contributed by atoms with Gasteiger partial charge in [0.1, 0.15) is 0 Å². The highest BCUT2D eigenvalue weighted by atomic mass is 32.2. The third-order valence-corrected chi connectivity index (χ3v) is 6.17. The molecule has 2 aromatic rings. The number of nitrogens with zero attached hydrogens (tertiary/aromatic N) is 1. The largest absolute Gasteiger partial charge is 0.387 e. The number of benzene rings is 2.